The zero-order valence-corrected chi connectivity index (χ0v) is 16.8. The lowest BCUT2D eigenvalue weighted by Crippen LogP contribution is -2.30. The molecule has 0 aromatic heterocycles. The minimum Gasteiger partial charge on any atom is -0.481 e. The van der Waals surface area contributed by atoms with Gasteiger partial charge in [-0.2, -0.15) is 0 Å². The van der Waals surface area contributed by atoms with E-state index >= 15 is 0 Å². The number of benzene rings is 3. The first kappa shape index (κ1) is 19.8. The summed E-state index contributed by atoms with van der Waals surface area (Å²) in [6.45, 7) is 5.68. The van der Waals surface area contributed by atoms with Crippen molar-refractivity contribution < 1.29 is 14.3 Å². The molecule has 5 heteroatoms. The van der Waals surface area contributed by atoms with E-state index in [0.29, 0.717) is 28.0 Å². The Kier molecular flexibility index (Phi) is 6.22. The second-order valence-corrected chi connectivity index (χ2v) is 7.06. The first-order valence-electron chi connectivity index (χ1n) is 8.99. The van der Waals surface area contributed by atoms with Crippen molar-refractivity contribution in [2.45, 2.75) is 26.9 Å². The number of hydrogen-bond acceptors (Lipinski definition) is 3. The van der Waals surface area contributed by atoms with Gasteiger partial charge in [0.05, 0.1) is 5.69 Å². The maximum atomic E-state index is 12.7. The zero-order valence-electron chi connectivity index (χ0n) is 16.0. The van der Waals surface area contributed by atoms with Gasteiger partial charge in [0, 0.05) is 5.02 Å². The van der Waals surface area contributed by atoms with Gasteiger partial charge in [0.2, 0.25) is 0 Å². The van der Waals surface area contributed by atoms with Gasteiger partial charge in [0.15, 0.2) is 11.9 Å². The van der Waals surface area contributed by atoms with E-state index in [2.05, 4.69) is 11.4 Å². The molecule has 0 spiro atoms. The van der Waals surface area contributed by atoms with E-state index in [9.17, 15) is 4.79 Å². The van der Waals surface area contributed by atoms with Gasteiger partial charge < -0.3 is 14.8 Å². The number of carbonyl (C=O) groups excluding carboxylic acids is 1. The lowest BCUT2D eigenvalue weighted by Gasteiger charge is -2.17. The number of amides is 1. The molecule has 0 aliphatic heterocycles. The Hall–Kier alpha value is -2.98. The monoisotopic (exact) mass is 395 g/mol. The third-order valence-electron chi connectivity index (χ3n) is 4.05. The van der Waals surface area contributed by atoms with Crippen LogP contribution in [0.25, 0.3) is 0 Å². The average Bonchev–Trinajstić information content (AvgIpc) is 2.64. The van der Waals surface area contributed by atoms with E-state index in [1.54, 1.807) is 25.1 Å². The van der Waals surface area contributed by atoms with Crippen LogP contribution in [0, 0.1) is 13.8 Å². The number of hydrogen-bond donors (Lipinski definition) is 1. The van der Waals surface area contributed by atoms with Crippen LogP contribution in [-0.2, 0) is 4.79 Å². The normalized spacial score (nSPS) is 11.6. The van der Waals surface area contributed by atoms with Gasteiger partial charge in [-0.15, -0.1) is 0 Å². The topological polar surface area (TPSA) is 47.6 Å². The molecule has 28 heavy (non-hydrogen) atoms. The fourth-order valence-electron chi connectivity index (χ4n) is 2.80. The lowest BCUT2D eigenvalue weighted by atomic mass is 10.1. The Bertz CT molecular complexity index is 953. The highest BCUT2D eigenvalue weighted by Gasteiger charge is 2.18. The van der Waals surface area contributed by atoms with Crippen molar-refractivity contribution >= 4 is 23.2 Å². The van der Waals surface area contributed by atoms with Crippen molar-refractivity contribution in [3.05, 3.63) is 82.9 Å². The fourth-order valence-corrected chi connectivity index (χ4v) is 2.97. The summed E-state index contributed by atoms with van der Waals surface area (Å²) in [7, 11) is 0. The summed E-state index contributed by atoms with van der Waals surface area (Å²) in [5.74, 6) is 1.54. The summed E-state index contributed by atoms with van der Waals surface area (Å²) >= 11 is 6.11. The molecule has 0 saturated carbocycles. The summed E-state index contributed by atoms with van der Waals surface area (Å²) in [5, 5.41) is 3.35. The second kappa shape index (κ2) is 8.81. The standard InChI is InChI=1S/C23H22ClNO3/c1-15-11-16(2)13-20(12-15)27-17(3)23(26)25-21-14-18(24)9-10-22(21)28-19-7-5-4-6-8-19/h4-14,17H,1-3H3,(H,25,26)/t17-/m1/s1. The highest BCUT2D eigenvalue weighted by Crippen LogP contribution is 2.32. The molecule has 3 aromatic carbocycles. The van der Waals surface area contributed by atoms with E-state index in [1.807, 2.05) is 56.3 Å². The molecular formula is C23H22ClNO3. The van der Waals surface area contributed by atoms with Crippen LogP contribution in [0.15, 0.2) is 66.7 Å². The fraction of sp³-hybridized carbons (Fsp3) is 0.174. The molecule has 144 valence electrons. The number of anilines is 1. The number of carbonyl (C=O) groups is 1. The van der Waals surface area contributed by atoms with Gasteiger partial charge in [0.1, 0.15) is 11.5 Å². The molecular weight excluding hydrogens is 374 g/mol. The van der Waals surface area contributed by atoms with Crippen molar-refractivity contribution in [2.75, 3.05) is 5.32 Å². The number of para-hydroxylation sites is 1. The number of rotatable bonds is 6. The van der Waals surface area contributed by atoms with Crippen LogP contribution in [0.5, 0.6) is 17.2 Å². The summed E-state index contributed by atoms with van der Waals surface area (Å²) in [6.07, 6.45) is -0.690. The number of aryl methyl sites for hydroxylation is 2. The van der Waals surface area contributed by atoms with E-state index in [4.69, 9.17) is 21.1 Å². The lowest BCUT2D eigenvalue weighted by molar-refractivity contribution is -0.122. The highest BCUT2D eigenvalue weighted by atomic mass is 35.5. The average molecular weight is 396 g/mol. The third kappa shape index (κ3) is 5.27. The van der Waals surface area contributed by atoms with Gasteiger partial charge in [-0.1, -0.05) is 35.9 Å². The number of nitrogens with one attached hydrogen (secondary N) is 1. The van der Waals surface area contributed by atoms with Crippen molar-refractivity contribution in [1.82, 2.24) is 0 Å². The third-order valence-corrected chi connectivity index (χ3v) is 4.28. The summed E-state index contributed by atoms with van der Waals surface area (Å²) in [4.78, 5) is 12.7. The largest absolute Gasteiger partial charge is 0.481 e. The van der Waals surface area contributed by atoms with Crippen molar-refractivity contribution in [1.29, 1.82) is 0 Å². The predicted octanol–water partition coefficient (Wildman–Crippen LogP) is 6.16. The molecule has 1 atom stereocenters. The maximum absolute atomic E-state index is 12.7. The van der Waals surface area contributed by atoms with Crippen LogP contribution in [-0.4, -0.2) is 12.0 Å². The zero-order chi connectivity index (χ0) is 20.1. The first-order chi connectivity index (χ1) is 13.4. The molecule has 0 bridgehead atoms. The molecule has 1 N–H and O–H groups in total. The minimum absolute atomic E-state index is 0.292. The molecule has 0 fully saturated rings. The van der Waals surface area contributed by atoms with Gasteiger partial charge in [-0.05, 0) is 74.4 Å². The minimum atomic E-state index is -0.690. The Morgan fingerprint density at radius 1 is 0.929 bits per heavy atom. The van der Waals surface area contributed by atoms with Gasteiger partial charge in [0.25, 0.3) is 5.91 Å². The van der Waals surface area contributed by atoms with Crippen LogP contribution in [0.4, 0.5) is 5.69 Å². The second-order valence-electron chi connectivity index (χ2n) is 6.63. The number of halogens is 1. The first-order valence-corrected chi connectivity index (χ1v) is 9.37. The van der Waals surface area contributed by atoms with Crippen LogP contribution in [0.2, 0.25) is 5.02 Å². The van der Waals surface area contributed by atoms with E-state index in [0.717, 1.165) is 11.1 Å². The van der Waals surface area contributed by atoms with Gasteiger partial charge in [-0.25, -0.2) is 0 Å². The van der Waals surface area contributed by atoms with E-state index < -0.39 is 6.10 Å². The molecule has 0 saturated heterocycles. The molecule has 3 aromatic rings. The molecule has 0 heterocycles. The van der Waals surface area contributed by atoms with Crippen molar-refractivity contribution in [3.8, 4) is 17.2 Å². The molecule has 0 aliphatic carbocycles. The Labute approximate surface area is 170 Å². The van der Waals surface area contributed by atoms with Crippen molar-refractivity contribution in [3.63, 3.8) is 0 Å². The molecule has 0 radical (unpaired) electrons. The maximum Gasteiger partial charge on any atom is 0.265 e. The molecule has 4 nitrogen and oxygen atoms in total. The van der Waals surface area contributed by atoms with E-state index in [1.165, 1.54) is 0 Å². The van der Waals surface area contributed by atoms with Gasteiger partial charge >= 0.3 is 0 Å². The van der Waals surface area contributed by atoms with Crippen molar-refractivity contribution in [2.24, 2.45) is 0 Å². The molecule has 0 aliphatic rings. The van der Waals surface area contributed by atoms with Crippen LogP contribution >= 0.6 is 11.6 Å². The predicted molar refractivity (Wildman–Crippen MR) is 113 cm³/mol. The summed E-state index contributed by atoms with van der Waals surface area (Å²) < 4.78 is 11.7. The van der Waals surface area contributed by atoms with Crippen LogP contribution < -0.4 is 14.8 Å². The molecule has 0 unspecified atom stereocenters. The SMILES string of the molecule is Cc1cc(C)cc(O[C@H](C)C(=O)Nc2cc(Cl)ccc2Oc2ccccc2)c1. The highest BCUT2D eigenvalue weighted by molar-refractivity contribution is 6.31. The quantitative estimate of drug-likeness (QED) is 0.544. The Morgan fingerprint density at radius 3 is 2.29 bits per heavy atom. The summed E-state index contributed by atoms with van der Waals surface area (Å²) in [5.41, 5.74) is 2.64. The summed E-state index contributed by atoms with van der Waals surface area (Å²) in [6, 6.07) is 20.3. The van der Waals surface area contributed by atoms with Crippen LogP contribution in [0.3, 0.4) is 0 Å². The molecule has 1 amide bonds. The van der Waals surface area contributed by atoms with Gasteiger partial charge in [-0.3, -0.25) is 4.79 Å². The van der Waals surface area contributed by atoms with E-state index in [-0.39, 0.29) is 5.91 Å². The Morgan fingerprint density at radius 2 is 1.61 bits per heavy atom. The Balaban J connectivity index is 1.74. The van der Waals surface area contributed by atoms with Crippen LogP contribution in [0.1, 0.15) is 18.1 Å². The smallest absolute Gasteiger partial charge is 0.265 e. The number of ether oxygens (including phenoxy) is 2. The molecule has 3 rings (SSSR count).